The molecule has 0 saturated heterocycles. The van der Waals surface area contributed by atoms with E-state index in [-0.39, 0.29) is 29.7 Å². The van der Waals surface area contributed by atoms with E-state index < -0.39 is 5.60 Å². The van der Waals surface area contributed by atoms with Gasteiger partial charge in [-0.15, -0.1) is 11.3 Å². The summed E-state index contributed by atoms with van der Waals surface area (Å²) in [5, 5.41) is 16.2. The average Bonchev–Trinajstić information content (AvgIpc) is 3.04. The van der Waals surface area contributed by atoms with Gasteiger partial charge in [0.25, 0.3) is 0 Å². The number of nitrogens with one attached hydrogen (secondary N) is 1. The number of aromatic nitrogens is 1. The molecule has 1 saturated carbocycles. The van der Waals surface area contributed by atoms with Crippen molar-refractivity contribution < 1.29 is 9.90 Å². The third-order valence-corrected chi connectivity index (χ3v) is 5.04. The minimum atomic E-state index is -0.872. The van der Waals surface area contributed by atoms with Crippen LogP contribution in [0, 0.1) is 5.92 Å². The first-order valence-corrected chi connectivity index (χ1v) is 8.45. The molecule has 2 N–H and O–H groups in total. The van der Waals surface area contributed by atoms with Crippen LogP contribution in [0.1, 0.15) is 70.6 Å². The molecule has 0 unspecified atom stereocenters. The van der Waals surface area contributed by atoms with Crippen LogP contribution in [-0.2, 0) is 10.2 Å². The van der Waals surface area contributed by atoms with Crippen molar-refractivity contribution in [2.75, 3.05) is 0 Å². The molecule has 5 heteroatoms. The Hall–Kier alpha value is -0.940. The second kappa shape index (κ2) is 5.69. The van der Waals surface area contributed by atoms with Gasteiger partial charge in [0.2, 0.25) is 5.91 Å². The highest BCUT2D eigenvalue weighted by molar-refractivity contribution is 7.09. The summed E-state index contributed by atoms with van der Waals surface area (Å²) in [5.74, 6) is 0.179. The van der Waals surface area contributed by atoms with Crippen molar-refractivity contribution in [1.29, 1.82) is 0 Å². The zero-order valence-electron chi connectivity index (χ0n) is 13.6. The van der Waals surface area contributed by atoms with Crippen molar-refractivity contribution in [1.82, 2.24) is 10.3 Å². The Morgan fingerprint density at radius 1 is 1.48 bits per heavy atom. The molecule has 1 amide bonds. The summed E-state index contributed by atoms with van der Waals surface area (Å²) in [6.45, 7) is 10.1. The molecule has 21 heavy (non-hydrogen) atoms. The van der Waals surface area contributed by atoms with Crippen molar-refractivity contribution >= 4 is 17.2 Å². The van der Waals surface area contributed by atoms with Crippen molar-refractivity contribution in [3.8, 4) is 0 Å². The van der Waals surface area contributed by atoms with E-state index in [1.807, 2.05) is 6.92 Å². The van der Waals surface area contributed by atoms with Gasteiger partial charge < -0.3 is 10.4 Å². The van der Waals surface area contributed by atoms with E-state index in [1.54, 1.807) is 18.3 Å². The molecule has 0 aromatic carbocycles. The predicted octanol–water partition coefficient (Wildman–Crippen LogP) is 3.17. The highest BCUT2D eigenvalue weighted by Crippen LogP contribution is 2.41. The van der Waals surface area contributed by atoms with Gasteiger partial charge >= 0.3 is 0 Å². The minimum Gasteiger partial charge on any atom is -0.389 e. The summed E-state index contributed by atoms with van der Waals surface area (Å²) in [4.78, 5) is 16.7. The Morgan fingerprint density at radius 2 is 2.10 bits per heavy atom. The van der Waals surface area contributed by atoms with Gasteiger partial charge in [-0.25, -0.2) is 4.98 Å². The number of nitrogens with zero attached hydrogens (tertiary/aromatic N) is 1. The first-order valence-electron chi connectivity index (χ1n) is 7.57. The van der Waals surface area contributed by atoms with Gasteiger partial charge in [0.1, 0.15) is 5.01 Å². The SMILES string of the molecule is C[C@@H](NC(=O)C[C@@](C)(O)C1CC1)c1nc(C(C)(C)C)cs1. The Bertz CT molecular complexity index is 513. The van der Waals surface area contributed by atoms with Crippen LogP contribution in [0.2, 0.25) is 0 Å². The van der Waals surface area contributed by atoms with Crippen LogP contribution in [-0.4, -0.2) is 21.6 Å². The number of hydrogen-bond donors (Lipinski definition) is 2. The number of hydrogen-bond acceptors (Lipinski definition) is 4. The van der Waals surface area contributed by atoms with Crippen molar-refractivity contribution in [2.24, 2.45) is 5.92 Å². The maximum atomic E-state index is 12.1. The molecule has 0 aliphatic heterocycles. The summed E-state index contributed by atoms with van der Waals surface area (Å²) < 4.78 is 0. The molecule has 1 heterocycles. The Balaban J connectivity index is 1.93. The van der Waals surface area contributed by atoms with Crippen LogP contribution in [0.15, 0.2) is 5.38 Å². The van der Waals surface area contributed by atoms with E-state index in [0.29, 0.717) is 0 Å². The summed E-state index contributed by atoms with van der Waals surface area (Å²) >= 11 is 1.57. The molecule has 1 fully saturated rings. The second-order valence-electron chi connectivity index (χ2n) is 7.42. The normalized spacial score (nSPS) is 19.9. The molecule has 1 aromatic heterocycles. The molecule has 4 nitrogen and oxygen atoms in total. The molecule has 2 atom stereocenters. The molecular formula is C16H26N2O2S. The molecular weight excluding hydrogens is 284 g/mol. The number of carbonyl (C=O) groups is 1. The lowest BCUT2D eigenvalue weighted by molar-refractivity contribution is -0.126. The topological polar surface area (TPSA) is 62.2 Å². The highest BCUT2D eigenvalue weighted by Gasteiger charge is 2.41. The number of aliphatic hydroxyl groups is 1. The molecule has 0 bridgehead atoms. The van der Waals surface area contributed by atoms with Crippen LogP contribution in [0.4, 0.5) is 0 Å². The lowest BCUT2D eigenvalue weighted by atomic mass is 9.93. The predicted molar refractivity (Wildman–Crippen MR) is 85.3 cm³/mol. The van der Waals surface area contributed by atoms with Crippen molar-refractivity contribution in [2.45, 2.75) is 70.9 Å². The van der Waals surface area contributed by atoms with Crippen LogP contribution in [0.5, 0.6) is 0 Å². The summed E-state index contributed by atoms with van der Waals surface area (Å²) in [7, 11) is 0. The van der Waals surface area contributed by atoms with Gasteiger partial charge in [0, 0.05) is 10.8 Å². The van der Waals surface area contributed by atoms with E-state index in [4.69, 9.17) is 0 Å². The second-order valence-corrected chi connectivity index (χ2v) is 8.31. The number of carbonyl (C=O) groups excluding carboxylic acids is 1. The Morgan fingerprint density at radius 3 is 2.57 bits per heavy atom. The number of rotatable bonds is 5. The lowest BCUT2D eigenvalue weighted by Crippen LogP contribution is -2.37. The Kier molecular flexibility index (Phi) is 4.45. The summed E-state index contributed by atoms with van der Waals surface area (Å²) in [5.41, 5.74) is 0.200. The van der Waals surface area contributed by atoms with Crippen molar-refractivity contribution in [3.05, 3.63) is 16.1 Å². The first-order chi connectivity index (χ1) is 9.59. The summed E-state index contributed by atoms with van der Waals surface area (Å²) in [6, 6.07) is -0.117. The monoisotopic (exact) mass is 310 g/mol. The zero-order valence-corrected chi connectivity index (χ0v) is 14.4. The average molecular weight is 310 g/mol. The molecule has 0 radical (unpaired) electrons. The zero-order chi connectivity index (χ0) is 15.8. The Labute approximate surface area is 131 Å². The van der Waals surface area contributed by atoms with Crippen LogP contribution in [0.3, 0.4) is 0 Å². The maximum absolute atomic E-state index is 12.1. The summed E-state index contributed by atoms with van der Waals surface area (Å²) in [6.07, 6.45) is 2.22. The molecule has 2 rings (SSSR count). The molecule has 1 aliphatic carbocycles. The van der Waals surface area contributed by atoms with Crippen LogP contribution >= 0.6 is 11.3 Å². The van der Waals surface area contributed by atoms with Gasteiger partial charge in [0.15, 0.2) is 0 Å². The van der Waals surface area contributed by atoms with E-state index >= 15 is 0 Å². The van der Waals surface area contributed by atoms with Gasteiger partial charge in [-0.3, -0.25) is 4.79 Å². The largest absolute Gasteiger partial charge is 0.389 e. The third-order valence-electron chi connectivity index (χ3n) is 4.01. The quantitative estimate of drug-likeness (QED) is 0.878. The highest BCUT2D eigenvalue weighted by atomic mass is 32.1. The van der Waals surface area contributed by atoms with Crippen LogP contribution < -0.4 is 5.32 Å². The van der Waals surface area contributed by atoms with Gasteiger partial charge in [-0.05, 0) is 32.6 Å². The molecule has 1 aromatic rings. The van der Waals surface area contributed by atoms with Gasteiger partial charge in [-0.2, -0.15) is 0 Å². The fraction of sp³-hybridized carbons (Fsp3) is 0.750. The third kappa shape index (κ3) is 4.27. The fourth-order valence-corrected chi connectivity index (χ4v) is 3.41. The van der Waals surface area contributed by atoms with E-state index in [1.165, 1.54) is 0 Å². The smallest absolute Gasteiger partial charge is 0.223 e. The minimum absolute atomic E-state index is 0.0219. The number of amides is 1. The van der Waals surface area contributed by atoms with E-state index in [0.717, 1.165) is 23.5 Å². The standard InChI is InChI=1S/C16H26N2O2S/c1-10(14-18-12(9-21-14)15(2,3)4)17-13(19)8-16(5,20)11-6-7-11/h9-11,20H,6-8H2,1-5H3,(H,17,19)/t10-,16-/m1/s1. The fourth-order valence-electron chi connectivity index (χ4n) is 2.36. The molecule has 118 valence electrons. The van der Waals surface area contributed by atoms with E-state index in [2.05, 4.69) is 36.5 Å². The van der Waals surface area contributed by atoms with Crippen molar-refractivity contribution in [3.63, 3.8) is 0 Å². The van der Waals surface area contributed by atoms with E-state index in [9.17, 15) is 9.90 Å². The first kappa shape index (κ1) is 16.4. The van der Waals surface area contributed by atoms with Gasteiger partial charge in [-0.1, -0.05) is 20.8 Å². The number of thiazole rings is 1. The lowest BCUT2D eigenvalue weighted by Gasteiger charge is -2.23. The molecule has 1 aliphatic rings. The maximum Gasteiger partial charge on any atom is 0.223 e. The molecule has 0 spiro atoms. The van der Waals surface area contributed by atoms with Crippen LogP contribution in [0.25, 0.3) is 0 Å². The van der Waals surface area contributed by atoms with Gasteiger partial charge in [0.05, 0.1) is 23.8 Å².